The van der Waals surface area contributed by atoms with Crippen LogP contribution < -0.4 is 0 Å². The van der Waals surface area contributed by atoms with Crippen LogP contribution in [0.25, 0.3) is 10.9 Å². The van der Waals surface area contributed by atoms with Gasteiger partial charge in [0.1, 0.15) is 0 Å². The van der Waals surface area contributed by atoms with Crippen LogP contribution in [0.3, 0.4) is 0 Å². The van der Waals surface area contributed by atoms with E-state index in [9.17, 15) is 13.2 Å². The Morgan fingerprint density at radius 1 is 1.30 bits per heavy atom. The summed E-state index contributed by atoms with van der Waals surface area (Å²) in [7, 11) is -1.30. The van der Waals surface area contributed by atoms with Crippen LogP contribution in [0.2, 0.25) is 0 Å². The van der Waals surface area contributed by atoms with Crippen LogP contribution in [0.5, 0.6) is 0 Å². The van der Waals surface area contributed by atoms with Crippen LogP contribution in [-0.4, -0.2) is 54.6 Å². The molecule has 0 unspecified atom stereocenters. The molecular weight excluding hydrogens is 332 g/mol. The highest BCUT2D eigenvalue weighted by Gasteiger charge is 2.32. The van der Waals surface area contributed by atoms with Gasteiger partial charge < -0.3 is 4.90 Å². The van der Waals surface area contributed by atoms with Crippen molar-refractivity contribution in [3.63, 3.8) is 0 Å². The predicted molar refractivity (Wildman–Crippen MR) is 92.3 cm³/mol. The molecule has 1 aromatic carbocycles. The molecule has 2 aromatic rings. The Kier molecular flexibility index (Phi) is 4.59. The minimum atomic E-state index is -2.98. The van der Waals surface area contributed by atoms with E-state index in [-0.39, 0.29) is 29.2 Å². The first kappa shape index (κ1) is 16.3. The maximum absolute atomic E-state index is 12.3. The highest BCUT2D eigenvalue weighted by atomic mass is 32.2. The van der Waals surface area contributed by atoms with Crippen molar-refractivity contribution in [3.8, 4) is 0 Å². The van der Waals surface area contributed by atoms with Gasteiger partial charge in [-0.1, -0.05) is 36.0 Å². The minimum absolute atomic E-state index is 0.0629. The molecule has 0 bridgehead atoms. The number of fused-ring (bicyclic) bond motifs is 1. The maximum Gasteiger partial charge on any atom is 0.233 e. The lowest BCUT2D eigenvalue weighted by Crippen LogP contribution is -2.38. The fraction of sp³-hybridized carbons (Fsp3) is 0.375. The van der Waals surface area contributed by atoms with Gasteiger partial charge in [-0.25, -0.2) is 13.4 Å². The van der Waals surface area contributed by atoms with Gasteiger partial charge in [0.05, 0.1) is 27.8 Å². The van der Waals surface area contributed by atoms with Gasteiger partial charge in [0.2, 0.25) is 5.91 Å². The number of nitrogens with zero attached hydrogens (tertiary/aromatic N) is 2. The predicted octanol–water partition coefficient (Wildman–Crippen LogP) is 1.97. The van der Waals surface area contributed by atoms with E-state index in [2.05, 4.69) is 4.98 Å². The molecule has 1 aliphatic heterocycles. The van der Waals surface area contributed by atoms with Gasteiger partial charge in [0, 0.05) is 18.5 Å². The minimum Gasteiger partial charge on any atom is -0.341 e. The van der Waals surface area contributed by atoms with Crippen molar-refractivity contribution in [2.45, 2.75) is 17.5 Å². The molecular formula is C16H18N2O3S2. The third kappa shape index (κ3) is 3.84. The highest BCUT2D eigenvalue weighted by molar-refractivity contribution is 7.99. The van der Waals surface area contributed by atoms with E-state index in [1.54, 1.807) is 11.9 Å². The van der Waals surface area contributed by atoms with E-state index in [1.807, 2.05) is 36.4 Å². The quantitative estimate of drug-likeness (QED) is 0.789. The first-order valence-corrected chi connectivity index (χ1v) is 10.2. The van der Waals surface area contributed by atoms with Crippen molar-refractivity contribution >= 4 is 38.4 Å². The van der Waals surface area contributed by atoms with Crippen molar-refractivity contribution in [3.05, 3.63) is 36.4 Å². The summed E-state index contributed by atoms with van der Waals surface area (Å²) in [5, 5.41) is 1.86. The summed E-state index contributed by atoms with van der Waals surface area (Å²) in [5.41, 5.74) is 0.903. The van der Waals surface area contributed by atoms with Crippen LogP contribution in [0, 0.1) is 0 Å². The second-order valence-electron chi connectivity index (χ2n) is 5.69. The molecule has 1 aromatic heterocycles. The van der Waals surface area contributed by atoms with Crippen LogP contribution in [0.4, 0.5) is 0 Å². The first-order chi connectivity index (χ1) is 10.9. The summed E-state index contributed by atoms with van der Waals surface area (Å²) in [5.74, 6) is 0.452. The maximum atomic E-state index is 12.3. The van der Waals surface area contributed by atoms with Crippen molar-refractivity contribution in [2.24, 2.45) is 0 Å². The fourth-order valence-corrected chi connectivity index (χ4v) is 5.23. The van der Waals surface area contributed by atoms with Gasteiger partial charge in [-0.3, -0.25) is 4.79 Å². The standard InChI is InChI=1S/C16H18N2O3S2/c1-18(13-8-9-23(20,21)11-13)16(19)10-22-15-7-6-12-4-2-3-5-14(12)17-15/h2-7,13H,8-11H2,1H3/t13-/m0/s1. The molecule has 0 saturated carbocycles. The van der Waals surface area contributed by atoms with E-state index in [0.29, 0.717) is 6.42 Å². The molecule has 1 fully saturated rings. The number of amides is 1. The van der Waals surface area contributed by atoms with Crippen LogP contribution in [-0.2, 0) is 14.6 Å². The third-order valence-electron chi connectivity index (χ3n) is 4.07. The average Bonchev–Trinajstić information content (AvgIpc) is 2.91. The Bertz CT molecular complexity index is 836. The Morgan fingerprint density at radius 3 is 2.83 bits per heavy atom. The number of rotatable bonds is 4. The lowest BCUT2D eigenvalue weighted by Gasteiger charge is -2.23. The van der Waals surface area contributed by atoms with Crippen molar-refractivity contribution < 1.29 is 13.2 Å². The largest absolute Gasteiger partial charge is 0.341 e. The first-order valence-electron chi connectivity index (χ1n) is 7.39. The number of aromatic nitrogens is 1. The Labute approximate surface area is 140 Å². The number of carbonyl (C=O) groups is 1. The van der Waals surface area contributed by atoms with Gasteiger partial charge in [-0.05, 0) is 18.6 Å². The van der Waals surface area contributed by atoms with Crippen LogP contribution >= 0.6 is 11.8 Å². The molecule has 7 heteroatoms. The lowest BCUT2D eigenvalue weighted by atomic mass is 10.2. The monoisotopic (exact) mass is 350 g/mol. The molecule has 3 rings (SSSR count). The van der Waals surface area contributed by atoms with Gasteiger partial charge in [0.15, 0.2) is 9.84 Å². The molecule has 23 heavy (non-hydrogen) atoms. The van der Waals surface area contributed by atoms with Gasteiger partial charge in [0.25, 0.3) is 0 Å². The fourth-order valence-electron chi connectivity index (χ4n) is 2.65. The summed E-state index contributed by atoms with van der Waals surface area (Å²) in [6.07, 6.45) is 0.531. The van der Waals surface area contributed by atoms with E-state index in [4.69, 9.17) is 0 Å². The number of thioether (sulfide) groups is 1. The van der Waals surface area contributed by atoms with Gasteiger partial charge in [-0.15, -0.1) is 0 Å². The second-order valence-corrected chi connectivity index (χ2v) is 8.92. The second kappa shape index (κ2) is 6.49. The van der Waals surface area contributed by atoms with E-state index in [1.165, 1.54) is 11.8 Å². The SMILES string of the molecule is CN(C(=O)CSc1ccc2ccccc2n1)[C@H]1CCS(=O)(=O)C1. The normalized spacial score (nSPS) is 19.8. The number of para-hydroxylation sites is 1. The smallest absolute Gasteiger partial charge is 0.233 e. The molecule has 1 aliphatic rings. The van der Waals surface area contributed by atoms with E-state index >= 15 is 0 Å². The van der Waals surface area contributed by atoms with Crippen molar-refractivity contribution in [1.82, 2.24) is 9.88 Å². The molecule has 0 radical (unpaired) electrons. The molecule has 5 nitrogen and oxygen atoms in total. The summed E-state index contributed by atoms with van der Waals surface area (Å²) < 4.78 is 23.0. The van der Waals surface area contributed by atoms with E-state index < -0.39 is 9.84 Å². The molecule has 1 saturated heterocycles. The number of pyridine rings is 1. The van der Waals surface area contributed by atoms with Crippen molar-refractivity contribution in [2.75, 3.05) is 24.3 Å². The number of carbonyl (C=O) groups excluding carboxylic acids is 1. The third-order valence-corrected chi connectivity index (χ3v) is 6.73. The molecule has 122 valence electrons. The molecule has 2 heterocycles. The van der Waals surface area contributed by atoms with E-state index in [0.717, 1.165) is 15.9 Å². The number of hydrogen-bond donors (Lipinski definition) is 0. The number of hydrogen-bond acceptors (Lipinski definition) is 5. The summed E-state index contributed by atoms with van der Waals surface area (Å²) >= 11 is 1.38. The molecule has 1 amide bonds. The molecule has 1 atom stereocenters. The Balaban J connectivity index is 1.61. The Hall–Kier alpha value is -1.60. The van der Waals surface area contributed by atoms with Crippen molar-refractivity contribution in [1.29, 1.82) is 0 Å². The van der Waals surface area contributed by atoms with Crippen LogP contribution in [0.15, 0.2) is 41.4 Å². The Morgan fingerprint density at radius 2 is 2.09 bits per heavy atom. The zero-order chi connectivity index (χ0) is 16.4. The highest BCUT2D eigenvalue weighted by Crippen LogP contribution is 2.22. The summed E-state index contributed by atoms with van der Waals surface area (Å²) in [6, 6.07) is 11.5. The topological polar surface area (TPSA) is 67.3 Å². The number of sulfone groups is 1. The lowest BCUT2D eigenvalue weighted by molar-refractivity contribution is -0.128. The zero-order valence-electron chi connectivity index (χ0n) is 12.8. The van der Waals surface area contributed by atoms with Gasteiger partial charge in [-0.2, -0.15) is 0 Å². The summed E-state index contributed by atoms with van der Waals surface area (Å²) in [6.45, 7) is 0. The van der Waals surface area contributed by atoms with Crippen LogP contribution in [0.1, 0.15) is 6.42 Å². The molecule has 0 aliphatic carbocycles. The average molecular weight is 350 g/mol. The molecule has 0 spiro atoms. The zero-order valence-corrected chi connectivity index (χ0v) is 14.4. The number of benzene rings is 1. The molecule has 0 N–H and O–H groups in total. The van der Waals surface area contributed by atoms with Gasteiger partial charge >= 0.3 is 0 Å². The summed E-state index contributed by atoms with van der Waals surface area (Å²) in [4.78, 5) is 18.4.